The van der Waals surface area contributed by atoms with Crippen LogP contribution in [0.3, 0.4) is 0 Å². The molecule has 0 bridgehead atoms. The molecule has 0 saturated carbocycles. The van der Waals surface area contributed by atoms with Gasteiger partial charge in [0.05, 0.1) is 13.2 Å². The maximum atomic E-state index is 5.44. The van der Waals surface area contributed by atoms with Crippen LogP contribution < -0.4 is 5.32 Å². The molecule has 0 aromatic carbocycles. The fraction of sp³-hybridized carbons (Fsp3) is 1.00. The third kappa shape index (κ3) is 10.4. The standard InChI is InChI=1S/C13H29NO2/c1-5-14-13(3)11-12(2)7-6-8-16-10-9-15-4/h12-14H,5-11H2,1-4H3. The predicted molar refractivity (Wildman–Crippen MR) is 68.8 cm³/mol. The van der Waals surface area contributed by atoms with E-state index in [1.54, 1.807) is 7.11 Å². The van der Waals surface area contributed by atoms with Crippen molar-refractivity contribution in [2.24, 2.45) is 5.92 Å². The van der Waals surface area contributed by atoms with Gasteiger partial charge >= 0.3 is 0 Å². The van der Waals surface area contributed by atoms with Crippen LogP contribution in [0.25, 0.3) is 0 Å². The summed E-state index contributed by atoms with van der Waals surface area (Å²) >= 11 is 0. The van der Waals surface area contributed by atoms with E-state index >= 15 is 0 Å². The first-order valence-corrected chi connectivity index (χ1v) is 6.50. The van der Waals surface area contributed by atoms with Gasteiger partial charge in [-0.15, -0.1) is 0 Å². The van der Waals surface area contributed by atoms with Gasteiger partial charge in [0.15, 0.2) is 0 Å². The first-order valence-electron chi connectivity index (χ1n) is 6.50. The Kier molecular flexibility index (Phi) is 11.3. The normalized spacial score (nSPS) is 15.0. The fourth-order valence-corrected chi connectivity index (χ4v) is 1.93. The molecule has 0 aromatic heterocycles. The van der Waals surface area contributed by atoms with Gasteiger partial charge in [-0.1, -0.05) is 13.8 Å². The van der Waals surface area contributed by atoms with E-state index in [9.17, 15) is 0 Å². The minimum absolute atomic E-state index is 0.634. The smallest absolute Gasteiger partial charge is 0.0700 e. The Balaban J connectivity index is 3.26. The summed E-state index contributed by atoms with van der Waals surface area (Å²) in [6.45, 7) is 10.1. The van der Waals surface area contributed by atoms with E-state index in [0.717, 1.165) is 32.1 Å². The zero-order valence-corrected chi connectivity index (χ0v) is 11.4. The van der Waals surface area contributed by atoms with Crippen molar-refractivity contribution in [2.45, 2.75) is 46.1 Å². The van der Waals surface area contributed by atoms with E-state index in [-0.39, 0.29) is 0 Å². The lowest BCUT2D eigenvalue weighted by Crippen LogP contribution is -2.27. The predicted octanol–water partition coefficient (Wildman–Crippen LogP) is 2.45. The summed E-state index contributed by atoms with van der Waals surface area (Å²) in [4.78, 5) is 0. The Morgan fingerprint density at radius 3 is 2.50 bits per heavy atom. The number of hydrogen-bond donors (Lipinski definition) is 1. The van der Waals surface area contributed by atoms with E-state index in [0.29, 0.717) is 12.6 Å². The van der Waals surface area contributed by atoms with Crippen LogP contribution in [0.5, 0.6) is 0 Å². The SMILES string of the molecule is CCNC(C)CC(C)CCCOCCOC. The molecule has 0 aliphatic heterocycles. The molecule has 16 heavy (non-hydrogen) atoms. The van der Waals surface area contributed by atoms with Gasteiger partial charge in [0, 0.05) is 19.8 Å². The highest BCUT2D eigenvalue weighted by Gasteiger charge is 2.07. The molecule has 0 aliphatic carbocycles. The maximum Gasteiger partial charge on any atom is 0.0700 e. The van der Waals surface area contributed by atoms with Gasteiger partial charge in [-0.2, -0.15) is 0 Å². The molecule has 0 saturated heterocycles. The molecule has 98 valence electrons. The van der Waals surface area contributed by atoms with Gasteiger partial charge in [0.2, 0.25) is 0 Å². The van der Waals surface area contributed by atoms with Crippen LogP contribution in [-0.2, 0) is 9.47 Å². The fourth-order valence-electron chi connectivity index (χ4n) is 1.93. The maximum absolute atomic E-state index is 5.44. The Labute approximate surface area is 101 Å². The van der Waals surface area contributed by atoms with Crippen molar-refractivity contribution in [2.75, 3.05) is 33.5 Å². The van der Waals surface area contributed by atoms with Crippen molar-refractivity contribution < 1.29 is 9.47 Å². The van der Waals surface area contributed by atoms with E-state index in [2.05, 4.69) is 26.1 Å². The van der Waals surface area contributed by atoms with Crippen LogP contribution in [0.4, 0.5) is 0 Å². The van der Waals surface area contributed by atoms with Crippen LogP contribution in [0.15, 0.2) is 0 Å². The molecule has 2 unspecified atom stereocenters. The largest absolute Gasteiger partial charge is 0.382 e. The quantitative estimate of drug-likeness (QED) is 0.554. The molecule has 0 amide bonds. The number of rotatable bonds is 11. The summed E-state index contributed by atoms with van der Waals surface area (Å²) in [7, 11) is 1.70. The number of ether oxygens (including phenoxy) is 2. The summed E-state index contributed by atoms with van der Waals surface area (Å²) in [5, 5.41) is 3.45. The molecule has 0 radical (unpaired) electrons. The Bertz CT molecular complexity index is 142. The van der Waals surface area contributed by atoms with Gasteiger partial charge in [-0.25, -0.2) is 0 Å². The third-order valence-electron chi connectivity index (χ3n) is 2.73. The van der Waals surface area contributed by atoms with Crippen molar-refractivity contribution in [3.63, 3.8) is 0 Å². The van der Waals surface area contributed by atoms with Crippen molar-refractivity contribution in [3.8, 4) is 0 Å². The summed E-state index contributed by atoms with van der Waals surface area (Å²) in [5.74, 6) is 0.778. The highest BCUT2D eigenvalue weighted by atomic mass is 16.5. The van der Waals surface area contributed by atoms with E-state index in [1.807, 2.05) is 0 Å². The monoisotopic (exact) mass is 231 g/mol. The highest BCUT2D eigenvalue weighted by Crippen LogP contribution is 2.12. The second kappa shape index (κ2) is 11.4. The van der Waals surface area contributed by atoms with Crippen LogP contribution in [-0.4, -0.2) is 39.5 Å². The molecular weight excluding hydrogens is 202 g/mol. The van der Waals surface area contributed by atoms with Gasteiger partial charge < -0.3 is 14.8 Å². The average Bonchev–Trinajstić information content (AvgIpc) is 2.23. The van der Waals surface area contributed by atoms with Crippen molar-refractivity contribution in [3.05, 3.63) is 0 Å². The lowest BCUT2D eigenvalue weighted by atomic mass is 9.98. The minimum Gasteiger partial charge on any atom is -0.382 e. The molecule has 0 heterocycles. The third-order valence-corrected chi connectivity index (χ3v) is 2.73. The number of nitrogens with one attached hydrogen (secondary N) is 1. The minimum atomic E-state index is 0.634. The molecule has 0 aromatic rings. The first-order chi connectivity index (χ1) is 7.70. The summed E-state index contributed by atoms with van der Waals surface area (Å²) < 4.78 is 10.4. The second-order valence-electron chi connectivity index (χ2n) is 4.55. The Hall–Kier alpha value is -0.120. The van der Waals surface area contributed by atoms with Crippen LogP contribution in [0, 0.1) is 5.92 Å². The van der Waals surface area contributed by atoms with Crippen LogP contribution in [0.2, 0.25) is 0 Å². The molecule has 0 rings (SSSR count). The second-order valence-corrected chi connectivity index (χ2v) is 4.55. The molecule has 0 aliphatic rings. The molecule has 3 heteroatoms. The summed E-state index contributed by atoms with van der Waals surface area (Å²) in [5.41, 5.74) is 0. The zero-order chi connectivity index (χ0) is 12.2. The molecule has 0 fully saturated rings. The lowest BCUT2D eigenvalue weighted by Gasteiger charge is -2.17. The summed E-state index contributed by atoms with van der Waals surface area (Å²) in [6, 6.07) is 0.634. The molecular formula is C13H29NO2. The molecule has 3 nitrogen and oxygen atoms in total. The van der Waals surface area contributed by atoms with Gasteiger partial charge in [0.25, 0.3) is 0 Å². The molecule has 1 N–H and O–H groups in total. The van der Waals surface area contributed by atoms with Crippen molar-refractivity contribution in [1.82, 2.24) is 5.32 Å². The topological polar surface area (TPSA) is 30.5 Å². The van der Waals surface area contributed by atoms with Crippen molar-refractivity contribution in [1.29, 1.82) is 0 Å². The highest BCUT2D eigenvalue weighted by molar-refractivity contribution is 4.64. The van der Waals surface area contributed by atoms with E-state index < -0.39 is 0 Å². The van der Waals surface area contributed by atoms with E-state index in [1.165, 1.54) is 12.8 Å². The average molecular weight is 231 g/mol. The number of hydrogen-bond acceptors (Lipinski definition) is 3. The van der Waals surface area contributed by atoms with Crippen LogP contribution >= 0.6 is 0 Å². The lowest BCUT2D eigenvalue weighted by molar-refractivity contribution is 0.0672. The Morgan fingerprint density at radius 2 is 1.88 bits per heavy atom. The first kappa shape index (κ1) is 15.9. The zero-order valence-electron chi connectivity index (χ0n) is 11.4. The molecule has 0 spiro atoms. The van der Waals surface area contributed by atoms with E-state index in [4.69, 9.17) is 9.47 Å². The van der Waals surface area contributed by atoms with Crippen LogP contribution in [0.1, 0.15) is 40.0 Å². The Morgan fingerprint density at radius 1 is 1.12 bits per heavy atom. The van der Waals surface area contributed by atoms with Gasteiger partial charge in [-0.3, -0.25) is 0 Å². The van der Waals surface area contributed by atoms with Crippen molar-refractivity contribution >= 4 is 0 Å². The summed E-state index contributed by atoms with van der Waals surface area (Å²) in [6.07, 6.45) is 3.67. The van der Waals surface area contributed by atoms with Gasteiger partial charge in [-0.05, 0) is 38.6 Å². The number of methoxy groups -OCH3 is 1. The molecule has 2 atom stereocenters. The van der Waals surface area contributed by atoms with Gasteiger partial charge in [0.1, 0.15) is 0 Å².